The molecule has 0 aliphatic rings. The third-order valence-corrected chi connectivity index (χ3v) is 2.90. The maximum Gasteiger partial charge on any atom is 0.488 e. The highest BCUT2D eigenvalue weighted by Gasteiger charge is 2.10. The zero-order valence-corrected chi connectivity index (χ0v) is 9.03. The smallest absolute Gasteiger partial charge is 0.423 e. The van der Waals surface area contributed by atoms with Crippen LogP contribution in [0.15, 0.2) is 29.6 Å². The molecule has 3 nitrogen and oxygen atoms in total. The van der Waals surface area contributed by atoms with Crippen molar-refractivity contribution >= 4 is 23.9 Å². The highest BCUT2D eigenvalue weighted by Crippen LogP contribution is 2.20. The lowest BCUT2D eigenvalue weighted by molar-refractivity contribution is 0.426. The van der Waals surface area contributed by atoms with Crippen LogP contribution in [0.1, 0.15) is 5.01 Å². The van der Waals surface area contributed by atoms with Crippen LogP contribution < -0.4 is 5.46 Å². The Hall–Kier alpha value is -1.17. The standard InChI is InChI=1S/C10H10BNO2S/c1-7-12-10(6-15-7)8-2-4-9(5-3-8)11(13)14/h2-6,13-14H,1H3. The molecule has 0 bridgehead atoms. The maximum absolute atomic E-state index is 8.93. The van der Waals surface area contributed by atoms with Gasteiger partial charge in [-0.2, -0.15) is 0 Å². The predicted molar refractivity (Wildman–Crippen MR) is 62.1 cm³/mol. The first-order valence-corrected chi connectivity index (χ1v) is 5.43. The van der Waals surface area contributed by atoms with Gasteiger partial charge in [0.15, 0.2) is 0 Å². The Morgan fingerprint density at radius 3 is 2.33 bits per heavy atom. The van der Waals surface area contributed by atoms with E-state index in [2.05, 4.69) is 4.98 Å². The largest absolute Gasteiger partial charge is 0.488 e. The topological polar surface area (TPSA) is 53.4 Å². The van der Waals surface area contributed by atoms with E-state index in [1.807, 2.05) is 24.4 Å². The molecule has 2 rings (SSSR count). The summed E-state index contributed by atoms with van der Waals surface area (Å²) in [6.07, 6.45) is 0. The van der Waals surface area contributed by atoms with Gasteiger partial charge in [-0.1, -0.05) is 24.3 Å². The quantitative estimate of drug-likeness (QED) is 0.734. The van der Waals surface area contributed by atoms with Crippen molar-refractivity contribution in [3.05, 3.63) is 34.7 Å². The van der Waals surface area contributed by atoms with Gasteiger partial charge in [-0.3, -0.25) is 0 Å². The summed E-state index contributed by atoms with van der Waals surface area (Å²) in [6.45, 7) is 1.96. The highest BCUT2D eigenvalue weighted by atomic mass is 32.1. The molecule has 0 radical (unpaired) electrons. The van der Waals surface area contributed by atoms with Gasteiger partial charge in [0.1, 0.15) is 0 Å². The zero-order chi connectivity index (χ0) is 10.8. The van der Waals surface area contributed by atoms with E-state index < -0.39 is 7.12 Å². The van der Waals surface area contributed by atoms with Gasteiger partial charge in [-0.25, -0.2) is 4.98 Å². The van der Waals surface area contributed by atoms with Crippen LogP contribution in [-0.4, -0.2) is 22.2 Å². The van der Waals surface area contributed by atoms with Gasteiger partial charge < -0.3 is 10.0 Å². The molecule has 0 saturated carbocycles. The molecule has 2 aromatic rings. The second-order valence-electron chi connectivity index (χ2n) is 3.25. The second kappa shape index (κ2) is 4.14. The summed E-state index contributed by atoms with van der Waals surface area (Å²) in [5.41, 5.74) is 2.41. The Kier molecular flexibility index (Phi) is 2.86. The lowest BCUT2D eigenvalue weighted by atomic mass is 9.80. The normalized spacial score (nSPS) is 10.3. The van der Waals surface area contributed by atoms with Crippen LogP contribution in [0, 0.1) is 6.92 Å². The van der Waals surface area contributed by atoms with Crippen molar-refractivity contribution in [3.8, 4) is 11.3 Å². The first kappa shape index (κ1) is 10.4. The monoisotopic (exact) mass is 219 g/mol. The molecule has 76 valence electrons. The molecule has 15 heavy (non-hydrogen) atoms. The molecule has 0 saturated heterocycles. The number of hydrogen-bond acceptors (Lipinski definition) is 4. The Balaban J connectivity index is 2.31. The minimum absolute atomic E-state index is 0.491. The van der Waals surface area contributed by atoms with Crippen molar-refractivity contribution in [2.75, 3.05) is 0 Å². The number of hydrogen-bond donors (Lipinski definition) is 2. The van der Waals surface area contributed by atoms with Gasteiger partial charge in [0.05, 0.1) is 10.7 Å². The average Bonchev–Trinajstić information content (AvgIpc) is 2.65. The van der Waals surface area contributed by atoms with Crippen LogP contribution in [0.25, 0.3) is 11.3 Å². The van der Waals surface area contributed by atoms with E-state index in [1.165, 1.54) is 0 Å². The maximum atomic E-state index is 8.93. The van der Waals surface area contributed by atoms with E-state index in [0.29, 0.717) is 5.46 Å². The Morgan fingerprint density at radius 1 is 1.20 bits per heavy atom. The van der Waals surface area contributed by atoms with E-state index >= 15 is 0 Å². The summed E-state index contributed by atoms with van der Waals surface area (Å²) < 4.78 is 0. The van der Waals surface area contributed by atoms with Crippen LogP contribution in [0.2, 0.25) is 0 Å². The van der Waals surface area contributed by atoms with Gasteiger partial charge in [-0.05, 0) is 12.4 Å². The third kappa shape index (κ3) is 2.26. The summed E-state index contributed by atoms with van der Waals surface area (Å²) in [6, 6.07) is 7.05. The van der Waals surface area contributed by atoms with Gasteiger partial charge in [-0.15, -0.1) is 11.3 Å². The van der Waals surface area contributed by atoms with Crippen LogP contribution in [-0.2, 0) is 0 Å². The third-order valence-electron chi connectivity index (χ3n) is 2.12. The lowest BCUT2D eigenvalue weighted by Gasteiger charge is -2.00. The van der Waals surface area contributed by atoms with Crippen LogP contribution in [0.4, 0.5) is 0 Å². The minimum Gasteiger partial charge on any atom is -0.423 e. The van der Waals surface area contributed by atoms with Crippen LogP contribution in [0.5, 0.6) is 0 Å². The number of benzene rings is 1. The average molecular weight is 219 g/mol. The van der Waals surface area contributed by atoms with E-state index in [-0.39, 0.29) is 0 Å². The van der Waals surface area contributed by atoms with Gasteiger partial charge in [0.25, 0.3) is 0 Å². The van der Waals surface area contributed by atoms with Crippen LogP contribution in [0.3, 0.4) is 0 Å². The Bertz CT molecular complexity index is 453. The summed E-state index contributed by atoms with van der Waals surface area (Å²) in [5.74, 6) is 0. The number of aryl methyl sites for hydroxylation is 1. The molecular weight excluding hydrogens is 209 g/mol. The van der Waals surface area contributed by atoms with E-state index in [0.717, 1.165) is 16.3 Å². The van der Waals surface area contributed by atoms with Crippen molar-refractivity contribution in [3.63, 3.8) is 0 Å². The molecule has 0 amide bonds. The summed E-state index contributed by atoms with van der Waals surface area (Å²) in [5, 5.41) is 20.9. The molecule has 0 unspecified atom stereocenters. The predicted octanol–water partition coefficient (Wildman–Crippen LogP) is 0.798. The minimum atomic E-state index is -1.41. The molecule has 0 atom stereocenters. The second-order valence-corrected chi connectivity index (χ2v) is 4.31. The number of nitrogens with zero attached hydrogens (tertiary/aromatic N) is 1. The van der Waals surface area contributed by atoms with Crippen molar-refractivity contribution in [2.45, 2.75) is 6.92 Å². The van der Waals surface area contributed by atoms with E-state index in [9.17, 15) is 0 Å². The van der Waals surface area contributed by atoms with Crippen molar-refractivity contribution in [1.82, 2.24) is 4.98 Å². The summed E-state index contributed by atoms with van der Waals surface area (Å²) >= 11 is 1.60. The first-order valence-electron chi connectivity index (χ1n) is 4.55. The SMILES string of the molecule is Cc1nc(-c2ccc(B(O)O)cc2)cs1. The fraction of sp³-hybridized carbons (Fsp3) is 0.100. The lowest BCUT2D eigenvalue weighted by Crippen LogP contribution is -2.29. The van der Waals surface area contributed by atoms with Crippen molar-refractivity contribution in [2.24, 2.45) is 0 Å². The number of rotatable bonds is 2. The molecule has 0 spiro atoms. The number of thiazole rings is 1. The summed E-state index contributed by atoms with van der Waals surface area (Å²) in [7, 11) is -1.41. The number of aromatic nitrogens is 1. The molecule has 0 aliphatic heterocycles. The van der Waals surface area contributed by atoms with Gasteiger partial charge in [0, 0.05) is 10.9 Å². The fourth-order valence-corrected chi connectivity index (χ4v) is 1.94. The molecule has 1 aromatic carbocycles. The molecule has 5 heteroatoms. The van der Waals surface area contributed by atoms with Crippen molar-refractivity contribution in [1.29, 1.82) is 0 Å². The van der Waals surface area contributed by atoms with Gasteiger partial charge in [0.2, 0.25) is 0 Å². The van der Waals surface area contributed by atoms with Crippen LogP contribution >= 0.6 is 11.3 Å². The fourth-order valence-electron chi connectivity index (χ4n) is 1.32. The Morgan fingerprint density at radius 2 is 1.87 bits per heavy atom. The highest BCUT2D eigenvalue weighted by molar-refractivity contribution is 7.09. The molecular formula is C10H10BNO2S. The zero-order valence-electron chi connectivity index (χ0n) is 8.21. The Labute approximate surface area is 92.2 Å². The molecule has 0 aliphatic carbocycles. The first-order chi connectivity index (χ1) is 7.16. The van der Waals surface area contributed by atoms with E-state index in [1.54, 1.807) is 23.5 Å². The van der Waals surface area contributed by atoms with E-state index in [4.69, 9.17) is 10.0 Å². The van der Waals surface area contributed by atoms with Crippen molar-refractivity contribution < 1.29 is 10.0 Å². The molecule has 2 N–H and O–H groups in total. The summed E-state index contributed by atoms with van der Waals surface area (Å²) in [4.78, 5) is 4.35. The van der Waals surface area contributed by atoms with Gasteiger partial charge >= 0.3 is 7.12 Å². The molecule has 1 aromatic heterocycles. The molecule has 1 heterocycles. The molecule has 0 fully saturated rings.